The molecule has 7 heavy (non-hydrogen) atoms. The van der Waals surface area contributed by atoms with Gasteiger partial charge in [-0.2, -0.15) is 0 Å². The van der Waals surface area contributed by atoms with E-state index in [0.29, 0.717) is 12.8 Å². The molecule has 0 rings (SSSR count). The van der Waals surface area contributed by atoms with Crippen LogP contribution in [0.15, 0.2) is 0 Å². The summed E-state index contributed by atoms with van der Waals surface area (Å²) in [6.45, 7) is -0.405. The Morgan fingerprint density at radius 1 is 1.71 bits per heavy atom. The van der Waals surface area contributed by atoms with Crippen LogP contribution in [0.2, 0.25) is 0 Å². The molecule has 0 radical (unpaired) electrons. The smallest absolute Gasteiger partial charge is 0.197 e. The van der Waals surface area contributed by atoms with Gasteiger partial charge in [0.25, 0.3) is 0 Å². The first-order valence-electron chi connectivity index (χ1n) is 2.01. The SMILES string of the molecule is O=C(Br)CCCF. The summed E-state index contributed by atoms with van der Waals surface area (Å²) in [6.07, 6.45) is 0.639. The van der Waals surface area contributed by atoms with Crippen LogP contribution in [0.4, 0.5) is 4.39 Å². The van der Waals surface area contributed by atoms with Crippen molar-refractivity contribution in [1.82, 2.24) is 0 Å². The zero-order chi connectivity index (χ0) is 5.70. The van der Waals surface area contributed by atoms with Crippen LogP contribution in [-0.2, 0) is 4.79 Å². The summed E-state index contributed by atoms with van der Waals surface area (Å²) in [6, 6.07) is 0. The normalized spacial score (nSPS) is 8.86. The van der Waals surface area contributed by atoms with Crippen LogP contribution in [-0.4, -0.2) is 11.4 Å². The molecule has 0 aromatic rings. The molecule has 0 heterocycles. The van der Waals surface area contributed by atoms with Crippen LogP contribution in [0.3, 0.4) is 0 Å². The van der Waals surface area contributed by atoms with Gasteiger partial charge in [0.2, 0.25) is 0 Å². The van der Waals surface area contributed by atoms with Crippen LogP contribution < -0.4 is 0 Å². The molecule has 0 aliphatic carbocycles. The van der Waals surface area contributed by atoms with Gasteiger partial charge in [0, 0.05) is 6.42 Å². The predicted molar refractivity (Wildman–Crippen MR) is 29.1 cm³/mol. The summed E-state index contributed by atoms with van der Waals surface area (Å²) in [5.74, 6) is 0. The topological polar surface area (TPSA) is 17.1 Å². The molecule has 0 aliphatic heterocycles. The number of hydrogen-bond acceptors (Lipinski definition) is 1. The molecule has 0 atom stereocenters. The van der Waals surface area contributed by atoms with E-state index in [9.17, 15) is 9.18 Å². The Bertz CT molecular complexity index is 64.7. The third kappa shape index (κ3) is 6.08. The minimum Gasteiger partial charge on any atom is -0.287 e. The zero-order valence-electron chi connectivity index (χ0n) is 3.79. The lowest BCUT2D eigenvalue weighted by Gasteiger charge is -1.82. The summed E-state index contributed by atoms with van der Waals surface area (Å²) in [5.41, 5.74) is 0. The van der Waals surface area contributed by atoms with E-state index in [1.165, 1.54) is 0 Å². The van der Waals surface area contributed by atoms with Crippen molar-refractivity contribution in [3.63, 3.8) is 0 Å². The molecule has 3 heteroatoms. The van der Waals surface area contributed by atoms with E-state index in [4.69, 9.17) is 0 Å². The first-order chi connectivity index (χ1) is 3.27. The van der Waals surface area contributed by atoms with E-state index >= 15 is 0 Å². The first-order valence-corrected chi connectivity index (χ1v) is 2.81. The summed E-state index contributed by atoms with van der Waals surface area (Å²) < 4.78 is 11.1. The average molecular weight is 169 g/mol. The standard InChI is InChI=1S/C4H6BrFO/c5-4(7)2-1-3-6/h1-3H2. The van der Waals surface area contributed by atoms with Crippen molar-refractivity contribution in [3.05, 3.63) is 0 Å². The molecule has 0 saturated heterocycles. The number of halogens is 2. The number of rotatable bonds is 3. The van der Waals surface area contributed by atoms with Crippen LogP contribution in [0, 0.1) is 0 Å². The molecule has 0 N–H and O–H groups in total. The van der Waals surface area contributed by atoms with Crippen molar-refractivity contribution in [2.75, 3.05) is 6.67 Å². The Balaban J connectivity index is 2.82. The maximum atomic E-state index is 11.2. The lowest BCUT2D eigenvalue weighted by Crippen LogP contribution is -1.84. The Morgan fingerprint density at radius 3 is 2.43 bits per heavy atom. The molecule has 0 fully saturated rings. The lowest BCUT2D eigenvalue weighted by molar-refractivity contribution is -0.110. The Kier molecular flexibility index (Phi) is 4.29. The quantitative estimate of drug-likeness (QED) is 0.587. The molecule has 1 nitrogen and oxygen atoms in total. The second-order valence-corrected chi connectivity index (χ2v) is 2.03. The highest BCUT2D eigenvalue weighted by Crippen LogP contribution is 1.95. The molecular weight excluding hydrogens is 163 g/mol. The lowest BCUT2D eigenvalue weighted by atomic mass is 10.4. The fourth-order valence-electron chi connectivity index (χ4n) is 0.206. The van der Waals surface area contributed by atoms with Crippen molar-refractivity contribution in [3.8, 4) is 0 Å². The Hall–Kier alpha value is 0.0800. The van der Waals surface area contributed by atoms with E-state index in [2.05, 4.69) is 15.9 Å². The molecule has 0 amide bonds. The Morgan fingerprint density at radius 2 is 2.29 bits per heavy atom. The Labute approximate surface area is 50.0 Å². The molecule has 0 spiro atoms. The van der Waals surface area contributed by atoms with E-state index in [-0.39, 0.29) is 4.69 Å². The average Bonchev–Trinajstić information content (AvgIpc) is 1.61. The fourth-order valence-corrected chi connectivity index (χ4v) is 0.486. The van der Waals surface area contributed by atoms with Gasteiger partial charge in [0.15, 0.2) is 4.69 Å². The predicted octanol–water partition coefficient (Wildman–Crippen LogP) is 1.66. The van der Waals surface area contributed by atoms with Crippen LogP contribution in [0.1, 0.15) is 12.8 Å². The van der Waals surface area contributed by atoms with Crippen molar-refractivity contribution >= 4 is 20.6 Å². The van der Waals surface area contributed by atoms with E-state index < -0.39 is 6.67 Å². The molecule has 0 saturated carbocycles. The summed E-state index contributed by atoms with van der Waals surface area (Å²) in [7, 11) is 0. The summed E-state index contributed by atoms with van der Waals surface area (Å²) in [4.78, 5) is 9.95. The molecule has 0 aromatic heterocycles. The van der Waals surface area contributed by atoms with E-state index in [1.807, 2.05) is 0 Å². The minimum atomic E-state index is -0.405. The summed E-state index contributed by atoms with van der Waals surface area (Å²) in [5, 5.41) is 0. The van der Waals surface area contributed by atoms with Crippen molar-refractivity contribution in [2.45, 2.75) is 12.8 Å². The van der Waals surface area contributed by atoms with Gasteiger partial charge in [-0.3, -0.25) is 9.18 Å². The van der Waals surface area contributed by atoms with E-state index in [0.717, 1.165) is 0 Å². The fraction of sp³-hybridized carbons (Fsp3) is 0.750. The van der Waals surface area contributed by atoms with Gasteiger partial charge in [-0.1, -0.05) is 0 Å². The highest BCUT2D eigenvalue weighted by atomic mass is 79.9. The van der Waals surface area contributed by atoms with Gasteiger partial charge < -0.3 is 0 Å². The van der Waals surface area contributed by atoms with Gasteiger partial charge in [0.05, 0.1) is 6.67 Å². The largest absolute Gasteiger partial charge is 0.287 e. The highest BCUT2D eigenvalue weighted by Gasteiger charge is 1.91. The number of carbonyl (C=O) groups is 1. The zero-order valence-corrected chi connectivity index (χ0v) is 5.37. The van der Waals surface area contributed by atoms with Gasteiger partial charge in [-0.05, 0) is 22.4 Å². The monoisotopic (exact) mass is 168 g/mol. The molecule has 0 aromatic carbocycles. The molecule has 0 bridgehead atoms. The van der Waals surface area contributed by atoms with Gasteiger partial charge in [0.1, 0.15) is 0 Å². The second-order valence-electron chi connectivity index (χ2n) is 1.15. The molecule has 42 valence electrons. The van der Waals surface area contributed by atoms with Gasteiger partial charge in [-0.15, -0.1) is 0 Å². The summed E-state index contributed by atoms with van der Waals surface area (Å²) >= 11 is 2.67. The number of hydrogen-bond donors (Lipinski definition) is 0. The third-order valence-corrected chi connectivity index (χ3v) is 0.903. The third-order valence-electron chi connectivity index (χ3n) is 0.507. The van der Waals surface area contributed by atoms with Gasteiger partial charge >= 0.3 is 0 Å². The number of carbonyl (C=O) groups excluding carboxylic acids is 1. The van der Waals surface area contributed by atoms with Crippen molar-refractivity contribution < 1.29 is 9.18 Å². The maximum absolute atomic E-state index is 11.2. The van der Waals surface area contributed by atoms with Crippen LogP contribution in [0.25, 0.3) is 0 Å². The van der Waals surface area contributed by atoms with Crippen LogP contribution in [0.5, 0.6) is 0 Å². The minimum absolute atomic E-state index is 0.120. The molecule has 0 unspecified atom stereocenters. The number of alkyl halides is 1. The molecule has 0 aliphatic rings. The molecular formula is C4H6BrFO. The first kappa shape index (κ1) is 7.08. The second kappa shape index (κ2) is 4.24. The highest BCUT2D eigenvalue weighted by molar-refractivity contribution is 9.18. The van der Waals surface area contributed by atoms with E-state index in [1.54, 1.807) is 0 Å². The van der Waals surface area contributed by atoms with Crippen LogP contribution >= 0.6 is 15.9 Å². The van der Waals surface area contributed by atoms with Crippen molar-refractivity contribution in [1.29, 1.82) is 0 Å². The van der Waals surface area contributed by atoms with Crippen molar-refractivity contribution in [2.24, 2.45) is 0 Å². The van der Waals surface area contributed by atoms with Gasteiger partial charge in [-0.25, -0.2) is 0 Å². The maximum Gasteiger partial charge on any atom is 0.197 e.